The van der Waals surface area contributed by atoms with Crippen LogP contribution in [0.3, 0.4) is 0 Å². The summed E-state index contributed by atoms with van der Waals surface area (Å²) in [6, 6.07) is 0.0482. The second-order valence-electron chi connectivity index (χ2n) is 6.68. The Balaban J connectivity index is 1.92. The number of halogens is 1. The minimum Gasteiger partial charge on any atom is -0.349 e. The van der Waals surface area contributed by atoms with Gasteiger partial charge in [-0.05, 0) is 31.6 Å². The van der Waals surface area contributed by atoms with Gasteiger partial charge in [-0.25, -0.2) is 0 Å². The number of thioether (sulfide) groups is 1. The Morgan fingerprint density at radius 1 is 1.48 bits per heavy atom. The van der Waals surface area contributed by atoms with Crippen molar-refractivity contribution in [3.63, 3.8) is 0 Å². The summed E-state index contributed by atoms with van der Waals surface area (Å²) in [5.74, 6) is 1.29. The molecule has 1 aliphatic carbocycles. The molecule has 2 rings (SSSR count). The van der Waals surface area contributed by atoms with E-state index in [1.54, 1.807) is 0 Å². The number of carbonyl (C=O) groups is 2. The van der Waals surface area contributed by atoms with Crippen molar-refractivity contribution in [3.8, 4) is 0 Å². The molecule has 0 bridgehead atoms. The summed E-state index contributed by atoms with van der Waals surface area (Å²) < 4.78 is 0. The number of rotatable bonds is 6. The number of amidine groups is 1. The molecule has 138 valence electrons. The van der Waals surface area contributed by atoms with Gasteiger partial charge in [0.05, 0.1) is 18.2 Å². The van der Waals surface area contributed by atoms with E-state index < -0.39 is 0 Å². The van der Waals surface area contributed by atoms with Crippen LogP contribution in [0.2, 0.25) is 0 Å². The summed E-state index contributed by atoms with van der Waals surface area (Å²) in [5.41, 5.74) is 0.179. The maximum absolute atomic E-state index is 12.2. The fourth-order valence-electron chi connectivity index (χ4n) is 2.45. The summed E-state index contributed by atoms with van der Waals surface area (Å²) in [4.78, 5) is 32.1. The van der Waals surface area contributed by atoms with Crippen LogP contribution in [-0.4, -0.2) is 46.5 Å². The molecule has 1 saturated carbocycles. The number of carbonyl (C=O) groups excluding carboxylic acids is 2. The zero-order valence-electron chi connectivity index (χ0n) is 14.8. The van der Waals surface area contributed by atoms with Gasteiger partial charge >= 0.3 is 0 Å². The average Bonchev–Trinajstić information content (AvgIpc) is 3.38. The number of amides is 2. The maximum Gasteiger partial charge on any atom is 0.253 e. The lowest BCUT2D eigenvalue weighted by Crippen LogP contribution is -2.36. The number of hydrogen-bond donors (Lipinski definition) is 2. The Bertz CT molecular complexity index is 616. The van der Waals surface area contributed by atoms with Crippen molar-refractivity contribution in [3.05, 3.63) is 12.2 Å². The van der Waals surface area contributed by atoms with Crippen LogP contribution in [0.5, 0.6) is 0 Å². The third kappa shape index (κ3) is 6.15. The van der Waals surface area contributed by atoms with Gasteiger partial charge in [-0.15, -0.1) is 0 Å². The van der Waals surface area contributed by atoms with E-state index >= 15 is 0 Å². The highest BCUT2D eigenvalue weighted by Gasteiger charge is 2.30. The van der Waals surface area contributed by atoms with Crippen molar-refractivity contribution in [1.82, 2.24) is 10.6 Å². The molecule has 0 aromatic rings. The predicted molar refractivity (Wildman–Crippen MR) is 104 cm³/mol. The van der Waals surface area contributed by atoms with E-state index in [0.29, 0.717) is 23.5 Å². The first kappa shape index (κ1) is 20.0. The molecule has 2 amide bonds. The first-order valence-electron chi connectivity index (χ1n) is 8.46. The average molecular weight is 385 g/mol. The van der Waals surface area contributed by atoms with Crippen LogP contribution in [-0.2, 0) is 9.59 Å². The van der Waals surface area contributed by atoms with Gasteiger partial charge < -0.3 is 10.6 Å². The van der Waals surface area contributed by atoms with Crippen LogP contribution in [0, 0.1) is 11.8 Å². The maximum atomic E-state index is 12.2. The highest BCUT2D eigenvalue weighted by molar-refractivity contribution is 8.13. The van der Waals surface area contributed by atoms with Gasteiger partial charge in [-0.2, -0.15) is 0 Å². The molecule has 2 N–H and O–H groups in total. The molecule has 0 radical (unpaired) electrons. The summed E-state index contributed by atoms with van der Waals surface area (Å²) in [6.07, 6.45) is 2.31. The van der Waals surface area contributed by atoms with Gasteiger partial charge in [0.1, 0.15) is 5.17 Å². The lowest BCUT2D eigenvalue weighted by Gasteiger charge is -2.25. The first-order valence-corrected chi connectivity index (χ1v) is 9.82. The van der Waals surface area contributed by atoms with Crippen LogP contribution in [0.4, 0.5) is 0 Å². The van der Waals surface area contributed by atoms with Gasteiger partial charge in [-0.3, -0.25) is 19.6 Å². The van der Waals surface area contributed by atoms with Crippen molar-refractivity contribution in [2.24, 2.45) is 21.8 Å². The van der Waals surface area contributed by atoms with Crippen molar-refractivity contribution >= 4 is 45.5 Å². The highest BCUT2D eigenvalue weighted by atomic mass is 35.5. The highest BCUT2D eigenvalue weighted by Crippen LogP contribution is 2.32. The van der Waals surface area contributed by atoms with Crippen molar-refractivity contribution in [1.29, 1.82) is 0 Å². The topological polar surface area (TPSA) is 82.9 Å². The summed E-state index contributed by atoms with van der Waals surface area (Å²) in [5, 5.41) is 6.35. The van der Waals surface area contributed by atoms with Crippen molar-refractivity contribution in [2.75, 3.05) is 12.3 Å². The third-order valence-corrected chi connectivity index (χ3v) is 5.85. The Labute approximate surface area is 158 Å². The molecule has 1 fully saturated rings. The lowest BCUT2D eigenvalue weighted by atomic mass is 10.1. The Morgan fingerprint density at radius 2 is 2.16 bits per heavy atom. The van der Waals surface area contributed by atoms with Gasteiger partial charge in [0.25, 0.3) is 5.91 Å². The Hall–Kier alpha value is -1.34. The molecule has 8 heteroatoms. The minimum absolute atomic E-state index is 0.0851. The molecule has 2 aliphatic rings. The normalized spacial score (nSPS) is 25.0. The van der Waals surface area contributed by atoms with E-state index in [1.807, 2.05) is 6.92 Å². The van der Waals surface area contributed by atoms with Crippen molar-refractivity contribution in [2.45, 2.75) is 45.7 Å². The summed E-state index contributed by atoms with van der Waals surface area (Å²) in [6.45, 7) is 9.63. The second-order valence-corrected chi connectivity index (χ2v) is 8.05. The standard InChI is InChI=1S/C17H25ClN4O2S/c1-9-8-25-17(21-12(4)23)22-14(9)7-19-15(18)10(2)16(24)20-11(3)13-5-6-13/h9,11,13-14H,2,5-8H2,1,3-4H3,(H,20,24)(H,21,22,23)/t9?,11-,14-/m0/s1. The van der Waals surface area contributed by atoms with E-state index in [-0.39, 0.29) is 34.6 Å². The smallest absolute Gasteiger partial charge is 0.253 e. The van der Waals surface area contributed by atoms with Gasteiger partial charge in [-0.1, -0.05) is 36.9 Å². The quantitative estimate of drug-likeness (QED) is 0.544. The third-order valence-electron chi connectivity index (χ3n) is 4.33. The molecule has 0 aromatic heterocycles. The predicted octanol–water partition coefficient (Wildman–Crippen LogP) is 2.34. The largest absolute Gasteiger partial charge is 0.349 e. The Morgan fingerprint density at radius 3 is 2.76 bits per heavy atom. The van der Waals surface area contributed by atoms with Gasteiger partial charge in [0.2, 0.25) is 5.91 Å². The SMILES string of the molecule is C=C(C(=O)N[C@@H](C)C1CC1)C(Cl)=NC[C@@H]1N=C(NC(C)=O)SCC1C. The van der Waals surface area contributed by atoms with Crippen LogP contribution >= 0.6 is 23.4 Å². The van der Waals surface area contributed by atoms with E-state index in [0.717, 1.165) is 18.6 Å². The second kappa shape index (κ2) is 8.85. The van der Waals surface area contributed by atoms with Crippen LogP contribution in [0.25, 0.3) is 0 Å². The van der Waals surface area contributed by atoms with Gasteiger partial charge in [0, 0.05) is 18.7 Å². The molecule has 0 saturated heterocycles. The molecule has 3 atom stereocenters. The molecule has 1 unspecified atom stereocenters. The zero-order valence-corrected chi connectivity index (χ0v) is 16.4. The number of nitrogens with one attached hydrogen (secondary N) is 2. The molecule has 0 spiro atoms. The minimum atomic E-state index is -0.275. The van der Waals surface area contributed by atoms with E-state index in [4.69, 9.17) is 11.6 Å². The van der Waals surface area contributed by atoms with Crippen molar-refractivity contribution < 1.29 is 9.59 Å². The van der Waals surface area contributed by atoms with E-state index in [1.165, 1.54) is 18.7 Å². The number of hydrogen-bond acceptors (Lipinski definition) is 5. The first-order chi connectivity index (χ1) is 11.8. The zero-order chi connectivity index (χ0) is 18.6. The van der Waals surface area contributed by atoms with Gasteiger partial charge in [0.15, 0.2) is 5.17 Å². The number of aliphatic imine (C=N–C) groups is 2. The molecule has 25 heavy (non-hydrogen) atoms. The van der Waals surface area contributed by atoms with E-state index in [2.05, 4.69) is 34.1 Å². The fourth-order valence-corrected chi connectivity index (χ4v) is 3.67. The fraction of sp³-hybridized carbons (Fsp3) is 0.647. The molecular formula is C17H25ClN4O2S. The van der Waals surface area contributed by atoms with Crippen LogP contribution < -0.4 is 10.6 Å². The summed E-state index contributed by atoms with van der Waals surface area (Å²) >= 11 is 7.68. The van der Waals surface area contributed by atoms with Crippen LogP contribution in [0.1, 0.15) is 33.6 Å². The monoisotopic (exact) mass is 384 g/mol. The lowest BCUT2D eigenvalue weighted by molar-refractivity contribution is -0.118. The summed E-state index contributed by atoms with van der Waals surface area (Å²) in [7, 11) is 0. The van der Waals surface area contributed by atoms with Crippen LogP contribution in [0.15, 0.2) is 22.1 Å². The Kier molecular flexibility index (Phi) is 7.07. The molecule has 1 heterocycles. The molecule has 0 aromatic carbocycles. The molecular weight excluding hydrogens is 360 g/mol. The molecule has 1 aliphatic heterocycles. The molecule has 6 nitrogen and oxygen atoms in total. The number of nitrogens with zero attached hydrogens (tertiary/aromatic N) is 2. The van der Waals surface area contributed by atoms with E-state index in [9.17, 15) is 9.59 Å².